The largest absolute Gasteiger partial charge is 0.447 e. The van der Waals surface area contributed by atoms with E-state index >= 15 is 0 Å². The van der Waals surface area contributed by atoms with Gasteiger partial charge in [-0.05, 0) is 50.1 Å². The Morgan fingerprint density at radius 1 is 1.71 bits per heavy atom. The number of aromatic nitrogens is 1. The van der Waals surface area contributed by atoms with Crippen molar-refractivity contribution in [1.82, 2.24) is 15.2 Å². The van der Waals surface area contributed by atoms with Crippen molar-refractivity contribution in [3.8, 4) is 0 Å². The molecule has 3 rings (SSSR count). The number of nitrogens with zero attached hydrogens (tertiary/aromatic N) is 1. The lowest BCUT2D eigenvalue weighted by molar-refractivity contribution is 0.177. The lowest BCUT2D eigenvalue weighted by Crippen LogP contribution is -2.28. The third-order valence-electron chi connectivity index (χ3n) is 3.07. The quantitative estimate of drug-likeness (QED) is 0.886. The van der Waals surface area contributed by atoms with Gasteiger partial charge in [-0.1, -0.05) is 6.07 Å². The summed E-state index contributed by atoms with van der Waals surface area (Å²) in [5.41, 5.74) is 0.810. The van der Waals surface area contributed by atoms with Gasteiger partial charge in [0.1, 0.15) is 6.56 Å². The summed E-state index contributed by atoms with van der Waals surface area (Å²) in [6.45, 7) is -5.56. The van der Waals surface area contributed by atoms with Crippen LogP contribution in [0.4, 0.5) is 4.79 Å². The molecule has 5 heteroatoms. The molecule has 2 heterocycles. The van der Waals surface area contributed by atoms with E-state index in [0.29, 0.717) is 16.5 Å². The van der Waals surface area contributed by atoms with E-state index in [-0.39, 0.29) is 18.2 Å². The molecule has 0 spiro atoms. The Bertz CT molecular complexity index is 988. The first-order chi connectivity index (χ1) is 13.6. The molecular weight excluding hydrogens is 266 g/mol. The molecule has 1 atom stereocenters. The molecule has 0 radical (unpaired) electrons. The number of aromatic amines is 1. The van der Waals surface area contributed by atoms with Gasteiger partial charge in [0.05, 0.1) is 11.5 Å². The fraction of sp³-hybridized carbons (Fsp3) is 0.438. The maximum atomic E-state index is 11.4. The number of amides is 1. The zero-order valence-corrected chi connectivity index (χ0v) is 11.4. The molecule has 0 unspecified atom stereocenters. The predicted octanol–water partition coefficient (Wildman–Crippen LogP) is 1.92. The summed E-state index contributed by atoms with van der Waals surface area (Å²) < 4.78 is 75.6. The van der Waals surface area contributed by atoms with Crippen LogP contribution in [0.15, 0.2) is 24.4 Å². The molecule has 1 aliphatic heterocycles. The summed E-state index contributed by atoms with van der Waals surface area (Å²) in [4.78, 5) is 15.1. The maximum absolute atomic E-state index is 11.4. The molecule has 2 N–H and O–H groups in total. The van der Waals surface area contributed by atoms with Gasteiger partial charge in [-0.3, -0.25) is 0 Å². The number of hydrogen-bond donors (Lipinski definition) is 2. The fourth-order valence-corrected chi connectivity index (χ4v) is 2.12. The van der Waals surface area contributed by atoms with Gasteiger partial charge in [0, 0.05) is 30.5 Å². The van der Waals surface area contributed by atoms with Crippen LogP contribution in [0.25, 0.3) is 10.9 Å². The number of alkyl carbamates (subject to hydrolysis) is 1. The van der Waals surface area contributed by atoms with Crippen LogP contribution >= 0.6 is 0 Å². The van der Waals surface area contributed by atoms with Crippen LogP contribution in [0.5, 0.6) is 0 Å². The minimum Gasteiger partial charge on any atom is -0.447 e. The van der Waals surface area contributed by atoms with E-state index in [1.165, 1.54) is 13.1 Å². The maximum Gasteiger partial charge on any atom is 0.407 e. The highest BCUT2D eigenvalue weighted by atomic mass is 16.6. The van der Waals surface area contributed by atoms with Crippen molar-refractivity contribution in [2.45, 2.75) is 18.8 Å². The average molecular weight is 296 g/mol. The van der Waals surface area contributed by atoms with E-state index in [1.807, 2.05) is 0 Å². The van der Waals surface area contributed by atoms with Gasteiger partial charge < -0.3 is 19.9 Å². The molecule has 0 bridgehead atoms. The second kappa shape index (κ2) is 5.77. The molecule has 1 aliphatic rings. The SMILES string of the molecule is [2H]c1[nH]c2ccc(C[C@]3([2H])NC(=O)OC3([2H])[2H])cc2c1C([2H])([2H])CN(C)C([2H])([2H])[2H]. The highest BCUT2D eigenvalue weighted by Crippen LogP contribution is 2.21. The first-order valence-corrected chi connectivity index (χ1v) is 6.40. The van der Waals surface area contributed by atoms with Crippen molar-refractivity contribution in [2.75, 3.05) is 27.1 Å². The molecule has 0 saturated carbocycles. The first-order valence-electron chi connectivity index (χ1n) is 10.9. The molecule has 1 saturated heterocycles. The number of fused-ring (bicyclic) bond motifs is 1. The lowest BCUT2D eigenvalue weighted by atomic mass is 10.0. The average Bonchev–Trinajstić information content (AvgIpc) is 2.97. The highest BCUT2D eigenvalue weighted by Gasteiger charge is 2.22. The van der Waals surface area contributed by atoms with E-state index in [0.717, 1.165) is 4.90 Å². The number of cyclic esters (lactones) is 1. The summed E-state index contributed by atoms with van der Waals surface area (Å²) in [7, 11) is 1.27. The van der Waals surface area contributed by atoms with Gasteiger partial charge in [0.15, 0.2) is 0 Å². The molecule has 0 aliphatic carbocycles. The van der Waals surface area contributed by atoms with Crippen LogP contribution in [0, 0.1) is 0 Å². The number of hydrogen-bond acceptors (Lipinski definition) is 3. The molecule has 2 aromatic rings. The molecule has 112 valence electrons. The summed E-state index contributed by atoms with van der Waals surface area (Å²) in [6.07, 6.45) is -3.71. The van der Waals surface area contributed by atoms with Crippen molar-refractivity contribution >= 4 is 17.0 Å². The van der Waals surface area contributed by atoms with Crippen molar-refractivity contribution in [1.29, 1.82) is 0 Å². The zero-order chi connectivity index (χ0) is 22.7. The minimum absolute atomic E-state index is 0.0378. The van der Waals surface area contributed by atoms with Crippen LogP contribution < -0.4 is 5.32 Å². The minimum atomic E-state index is -2.57. The smallest absolute Gasteiger partial charge is 0.407 e. The molecular formula is C16H21N3O2. The summed E-state index contributed by atoms with van der Waals surface area (Å²) >= 11 is 0. The molecule has 1 fully saturated rings. The number of benzene rings is 1. The van der Waals surface area contributed by atoms with Crippen LogP contribution in [0.1, 0.15) is 23.5 Å². The Morgan fingerprint density at radius 3 is 3.38 bits per heavy atom. The molecule has 5 nitrogen and oxygen atoms in total. The third-order valence-corrected chi connectivity index (χ3v) is 3.07. The third kappa shape index (κ3) is 3.19. The Hall–Kier alpha value is -2.01. The van der Waals surface area contributed by atoms with Crippen LogP contribution in [0.3, 0.4) is 0 Å². The number of nitrogens with one attached hydrogen (secondary N) is 2. The van der Waals surface area contributed by atoms with E-state index in [1.54, 1.807) is 12.1 Å². The van der Waals surface area contributed by atoms with Gasteiger partial charge in [-0.25, -0.2) is 4.79 Å². The number of likely N-dealkylation sites (N-methyl/N-ethyl adjacent to an activating group) is 1. The van der Waals surface area contributed by atoms with E-state index in [9.17, 15) is 4.79 Å². The summed E-state index contributed by atoms with van der Waals surface area (Å²) in [6, 6.07) is 2.55. The molecule has 1 aromatic carbocycles. The van der Waals surface area contributed by atoms with Crippen molar-refractivity contribution in [3.63, 3.8) is 0 Å². The molecule has 21 heavy (non-hydrogen) atoms. The highest BCUT2D eigenvalue weighted by molar-refractivity contribution is 5.84. The lowest BCUT2D eigenvalue weighted by Gasteiger charge is -2.09. The van der Waals surface area contributed by atoms with Crippen molar-refractivity contribution < 1.29 is 21.9 Å². The molecule has 1 amide bonds. The Kier molecular flexibility index (Phi) is 1.88. The van der Waals surface area contributed by atoms with Gasteiger partial charge in [-0.15, -0.1) is 0 Å². The van der Waals surface area contributed by atoms with Gasteiger partial charge in [-0.2, -0.15) is 0 Å². The topological polar surface area (TPSA) is 57.4 Å². The Balaban J connectivity index is 2.00. The van der Waals surface area contributed by atoms with Gasteiger partial charge >= 0.3 is 6.09 Å². The number of rotatable bonds is 5. The Labute approximate surface area is 136 Å². The monoisotopic (exact) mass is 296 g/mol. The van der Waals surface area contributed by atoms with Crippen LogP contribution in [0.2, 0.25) is 0 Å². The number of carbonyl (C=O) groups excluding carboxylic acids is 1. The van der Waals surface area contributed by atoms with Crippen molar-refractivity contribution in [2.24, 2.45) is 0 Å². The zero-order valence-electron chi connectivity index (χ0n) is 20.4. The van der Waals surface area contributed by atoms with Crippen LogP contribution in [-0.4, -0.2) is 49.1 Å². The normalized spacial score (nSPS) is 31.7. The summed E-state index contributed by atoms with van der Waals surface area (Å²) in [5, 5.41) is 2.47. The second-order valence-electron chi connectivity index (χ2n) is 4.81. The van der Waals surface area contributed by atoms with Crippen LogP contribution in [-0.2, 0) is 17.5 Å². The van der Waals surface area contributed by atoms with Crippen molar-refractivity contribution in [3.05, 3.63) is 35.5 Å². The van der Waals surface area contributed by atoms with Gasteiger partial charge in [0.25, 0.3) is 0 Å². The second-order valence-corrected chi connectivity index (χ2v) is 4.81. The summed E-state index contributed by atoms with van der Waals surface area (Å²) in [5.74, 6) is 0. The molecule has 1 aromatic heterocycles. The van der Waals surface area contributed by atoms with E-state index < -0.39 is 38.6 Å². The number of carbonyl (C=O) groups is 1. The van der Waals surface area contributed by atoms with E-state index in [4.69, 9.17) is 12.3 Å². The first kappa shape index (κ1) is 6.83. The van der Waals surface area contributed by atoms with E-state index in [2.05, 4.69) is 15.0 Å². The Morgan fingerprint density at radius 2 is 2.62 bits per heavy atom. The number of H-pyrrole nitrogens is 1. The van der Waals surface area contributed by atoms with Gasteiger partial charge in [0.2, 0.25) is 0 Å². The fourth-order valence-electron chi connectivity index (χ4n) is 2.12. The predicted molar refractivity (Wildman–Crippen MR) is 82.5 cm³/mol. The standard InChI is InChI=1S/C16H21N3O2/c1-19(2)6-5-12-9-17-15-4-3-11(8-14(12)15)7-13-10-21-16(20)18-13/h3-4,8-9,13,17H,5-7,10H2,1-2H3,(H,18,20)/t13-/m0/s1/i1D3,5D2,9D,10D2,13D. The number of ether oxygens (including phenoxy) is 1.